The molecule has 1 fully saturated rings. The van der Waals surface area contributed by atoms with Crippen LogP contribution in [0.25, 0.3) is 0 Å². The van der Waals surface area contributed by atoms with Crippen LogP contribution >= 0.6 is 0 Å². The van der Waals surface area contributed by atoms with Crippen molar-refractivity contribution >= 4 is 11.9 Å². The van der Waals surface area contributed by atoms with E-state index in [1.54, 1.807) is 7.05 Å². The van der Waals surface area contributed by atoms with Gasteiger partial charge in [-0.2, -0.15) is 0 Å². The van der Waals surface area contributed by atoms with Crippen molar-refractivity contribution in [2.24, 2.45) is 16.8 Å². The number of amides is 1. The van der Waals surface area contributed by atoms with Crippen LogP contribution in [0.3, 0.4) is 0 Å². The molecule has 0 radical (unpaired) electrons. The van der Waals surface area contributed by atoms with Gasteiger partial charge >= 0.3 is 0 Å². The fourth-order valence-electron chi connectivity index (χ4n) is 2.87. The van der Waals surface area contributed by atoms with Gasteiger partial charge in [0.1, 0.15) is 0 Å². The Morgan fingerprint density at radius 2 is 1.73 bits per heavy atom. The second kappa shape index (κ2) is 11.3. The van der Waals surface area contributed by atoms with Gasteiger partial charge in [0.05, 0.1) is 0 Å². The van der Waals surface area contributed by atoms with E-state index in [4.69, 9.17) is 0 Å². The highest BCUT2D eigenvalue weighted by atomic mass is 16.1. The van der Waals surface area contributed by atoms with Crippen molar-refractivity contribution in [3.8, 4) is 0 Å². The minimum Gasteiger partial charge on any atom is -0.356 e. The molecule has 0 atom stereocenters. The number of carbonyl (C=O) groups is 1. The summed E-state index contributed by atoms with van der Waals surface area (Å²) >= 11 is 0. The van der Waals surface area contributed by atoms with E-state index in [1.807, 2.05) is 0 Å². The highest BCUT2D eigenvalue weighted by Crippen LogP contribution is 2.27. The smallest absolute Gasteiger partial charge is 0.220 e. The third-order valence-electron chi connectivity index (χ3n) is 4.16. The van der Waals surface area contributed by atoms with Crippen molar-refractivity contribution in [2.45, 2.75) is 58.8 Å². The van der Waals surface area contributed by atoms with Gasteiger partial charge in [-0.15, -0.1) is 0 Å². The van der Waals surface area contributed by atoms with Crippen LogP contribution in [-0.4, -0.2) is 38.5 Å². The molecule has 22 heavy (non-hydrogen) atoms. The van der Waals surface area contributed by atoms with Crippen LogP contribution in [0.2, 0.25) is 0 Å². The highest BCUT2D eigenvalue weighted by Gasteiger charge is 2.17. The lowest BCUT2D eigenvalue weighted by molar-refractivity contribution is -0.121. The van der Waals surface area contributed by atoms with E-state index in [0.717, 1.165) is 24.8 Å². The number of hydrogen-bond donors (Lipinski definition) is 3. The van der Waals surface area contributed by atoms with E-state index < -0.39 is 0 Å². The first-order valence-corrected chi connectivity index (χ1v) is 8.83. The molecule has 3 N–H and O–H groups in total. The van der Waals surface area contributed by atoms with Gasteiger partial charge in [-0.1, -0.05) is 26.7 Å². The molecule has 0 aliphatic heterocycles. The molecule has 0 aromatic heterocycles. The SMILES string of the molecule is CN=C(NCCCC(C)C)NCCNC(=O)CC1CCCC1. The van der Waals surface area contributed by atoms with Crippen LogP contribution in [0.5, 0.6) is 0 Å². The summed E-state index contributed by atoms with van der Waals surface area (Å²) in [4.78, 5) is 16.0. The lowest BCUT2D eigenvalue weighted by atomic mass is 10.0. The zero-order chi connectivity index (χ0) is 16.2. The van der Waals surface area contributed by atoms with Crippen LogP contribution in [0.4, 0.5) is 0 Å². The van der Waals surface area contributed by atoms with Crippen molar-refractivity contribution in [3.63, 3.8) is 0 Å². The van der Waals surface area contributed by atoms with E-state index in [-0.39, 0.29) is 5.91 Å². The number of guanidine groups is 1. The summed E-state index contributed by atoms with van der Waals surface area (Å²) in [5.41, 5.74) is 0. The van der Waals surface area contributed by atoms with E-state index in [2.05, 4.69) is 34.8 Å². The average Bonchev–Trinajstić information content (AvgIpc) is 2.98. The van der Waals surface area contributed by atoms with E-state index >= 15 is 0 Å². The molecule has 5 nitrogen and oxygen atoms in total. The first kappa shape index (κ1) is 18.8. The molecule has 5 heteroatoms. The largest absolute Gasteiger partial charge is 0.356 e. The van der Waals surface area contributed by atoms with Crippen LogP contribution in [0, 0.1) is 11.8 Å². The standard InChI is InChI=1S/C17H34N4O/c1-14(2)7-6-10-20-17(18-3)21-12-11-19-16(22)13-15-8-4-5-9-15/h14-15H,4-13H2,1-3H3,(H,19,22)(H2,18,20,21). The summed E-state index contributed by atoms with van der Waals surface area (Å²) in [6.07, 6.45) is 8.09. The van der Waals surface area contributed by atoms with Gasteiger partial charge in [0.2, 0.25) is 5.91 Å². The van der Waals surface area contributed by atoms with Gasteiger partial charge in [0, 0.05) is 33.1 Å². The molecule has 0 aromatic rings. The molecule has 128 valence electrons. The van der Waals surface area contributed by atoms with Crippen molar-refractivity contribution < 1.29 is 4.79 Å². The molecule has 0 unspecified atom stereocenters. The minimum absolute atomic E-state index is 0.188. The molecule has 1 amide bonds. The third-order valence-corrected chi connectivity index (χ3v) is 4.16. The Hall–Kier alpha value is -1.26. The molecule has 0 aromatic carbocycles. The van der Waals surface area contributed by atoms with Gasteiger partial charge in [0.25, 0.3) is 0 Å². The number of aliphatic imine (C=N–C) groups is 1. The summed E-state index contributed by atoms with van der Waals surface area (Å²) in [5, 5.41) is 9.52. The average molecular weight is 310 g/mol. The van der Waals surface area contributed by atoms with Crippen LogP contribution in [0.1, 0.15) is 58.8 Å². The van der Waals surface area contributed by atoms with Gasteiger partial charge < -0.3 is 16.0 Å². The molecule has 1 aliphatic rings. The summed E-state index contributed by atoms with van der Waals surface area (Å²) in [7, 11) is 1.77. The van der Waals surface area contributed by atoms with Crippen LogP contribution in [0.15, 0.2) is 4.99 Å². The van der Waals surface area contributed by atoms with Crippen molar-refractivity contribution in [2.75, 3.05) is 26.7 Å². The Bertz CT molecular complexity index is 336. The maximum absolute atomic E-state index is 11.8. The molecule has 0 saturated heterocycles. The molecular formula is C17H34N4O. The summed E-state index contributed by atoms with van der Waals surface area (Å²) < 4.78 is 0. The topological polar surface area (TPSA) is 65.5 Å². The predicted octanol–water partition coefficient (Wildman–Crippen LogP) is 2.28. The van der Waals surface area contributed by atoms with Gasteiger partial charge in [0.15, 0.2) is 5.96 Å². The van der Waals surface area contributed by atoms with Gasteiger partial charge in [-0.3, -0.25) is 9.79 Å². The first-order chi connectivity index (χ1) is 10.6. The quantitative estimate of drug-likeness (QED) is 0.348. The minimum atomic E-state index is 0.188. The first-order valence-electron chi connectivity index (χ1n) is 8.83. The molecular weight excluding hydrogens is 276 g/mol. The Labute approximate surface area is 135 Å². The predicted molar refractivity (Wildman–Crippen MR) is 93.0 cm³/mol. The molecule has 0 spiro atoms. The number of nitrogens with zero attached hydrogens (tertiary/aromatic N) is 1. The van der Waals surface area contributed by atoms with Gasteiger partial charge in [-0.25, -0.2) is 0 Å². The van der Waals surface area contributed by atoms with Crippen LogP contribution in [-0.2, 0) is 4.79 Å². The zero-order valence-corrected chi connectivity index (χ0v) is 14.6. The lowest BCUT2D eigenvalue weighted by Crippen LogP contribution is -2.42. The van der Waals surface area contributed by atoms with E-state index in [0.29, 0.717) is 25.4 Å². The number of hydrogen-bond acceptors (Lipinski definition) is 2. The maximum Gasteiger partial charge on any atom is 0.220 e. The molecule has 1 aliphatic carbocycles. The molecule has 1 rings (SSSR count). The molecule has 0 heterocycles. The molecule has 0 bridgehead atoms. The number of rotatable bonds is 9. The zero-order valence-electron chi connectivity index (χ0n) is 14.6. The Balaban J connectivity index is 2.02. The Morgan fingerprint density at radius 3 is 2.36 bits per heavy atom. The normalized spacial score (nSPS) is 16.1. The highest BCUT2D eigenvalue weighted by molar-refractivity contribution is 5.79. The lowest BCUT2D eigenvalue weighted by Gasteiger charge is -2.13. The van der Waals surface area contributed by atoms with Crippen molar-refractivity contribution in [3.05, 3.63) is 0 Å². The fourth-order valence-corrected chi connectivity index (χ4v) is 2.87. The second-order valence-electron chi connectivity index (χ2n) is 6.67. The monoisotopic (exact) mass is 310 g/mol. The third kappa shape index (κ3) is 8.90. The summed E-state index contributed by atoms with van der Waals surface area (Å²) in [6, 6.07) is 0. The summed E-state index contributed by atoms with van der Waals surface area (Å²) in [6.45, 7) is 6.77. The number of nitrogens with one attached hydrogen (secondary N) is 3. The molecule has 1 saturated carbocycles. The van der Waals surface area contributed by atoms with Gasteiger partial charge in [-0.05, 0) is 37.5 Å². The maximum atomic E-state index is 11.8. The van der Waals surface area contributed by atoms with E-state index in [9.17, 15) is 4.79 Å². The number of carbonyl (C=O) groups excluding carboxylic acids is 1. The van der Waals surface area contributed by atoms with Crippen molar-refractivity contribution in [1.82, 2.24) is 16.0 Å². The van der Waals surface area contributed by atoms with E-state index in [1.165, 1.54) is 32.1 Å². The second-order valence-corrected chi connectivity index (χ2v) is 6.67. The fraction of sp³-hybridized carbons (Fsp3) is 0.882. The van der Waals surface area contributed by atoms with Crippen molar-refractivity contribution in [1.29, 1.82) is 0 Å². The summed E-state index contributed by atoms with van der Waals surface area (Å²) in [5.74, 6) is 2.36. The Kier molecular flexibility index (Phi) is 9.67. The Morgan fingerprint density at radius 1 is 1.09 bits per heavy atom. The van der Waals surface area contributed by atoms with Crippen LogP contribution < -0.4 is 16.0 Å².